The van der Waals surface area contributed by atoms with Gasteiger partial charge in [0.25, 0.3) is 0 Å². The molecule has 2 aromatic rings. The lowest BCUT2D eigenvalue weighted by Crippen LogP contribution is -2.30. The van der Waals surface area contributed by atoms with Gasteiger partial charge in [-0.2, -0.15) is 5.10 Å². The fraction of sp³-hybridized carbons (Fsp3) is 0.222. The lowest BCUT2D eigenvalue weighted by molar-refractivity contribution is 0.355. The van der Waals surface area contributed by atoms with Gasteiger partial charge in [0.05, 0.1) is 30.9 Å². The number of nitrogens with one attached hydrogen (secondary N) is 1. The van der Waals surface area contributed by atoms with Crippen molar-refractivity contribution in [1.82, 2.24) is 5.43 Å². The first-order valence-electron chi connectivity index (χ1n) is 7.67. The average Bonchev–Trinajstić information content (AvgIpc) is 2.63. The molecule has 1 aliphatic heterocycles. The molecule has 0 fully saturated rings. The van der Waals surface area contributed by atoms with Crippen LogP contribution in [0.2, 0.25) is 0 Å². The Bertz CT molecular complexity index is 822. The first-order chi connectivity index (χ1) is 12.1. The van der Waals surface area contributed by atoms with Gasteiger partial charge in [0.15, 0.2) is 16.7 Å². The lowest BCUT2D eigenvalue weighted by atomic mass is 10.1. The van der Waals surface area contributed by atoms with Crippen LogP contribution < -0.4 is 14.9 Å². The predicted octanol–water partition coefficient (Wildman–Crippen LogP) is 3.96. The molecule has 130 valence electrons. The van der Waals surface area contributed by atoms with Crippen molar-refractivity contribution in [3.8, 4) is 11.5 Å². The maximum absolute atomic E-state index is 13.1. The summed E-state index contributed by atoms with van der Waals surface area (Å²) < 4.78 is 23.6. The number of amidine groups is 1. The molecule has 1 heterocycles. The van der Waals surface area contributed by atoms with E-state index < -0.39 is 0 Å². The third kappa shape index (κ3) is 3.93. The number of hydrazone groups is 1. The van der Waals surface area contributed by atoms with Crippen LogP contribution in [0.1, 0.15) is 12.5 Å². The van der Waals surface area contributed by atoms with E-state index in [4.69, 9.17) is 9.47 Å². The average molecular weight is 359 g/mol. The molecule has 1 atom stereocenters. The predicted molar refractivity (Wildman–Crippen MR) is 99.8 cm³/mol. The fourth-order valence-corrected chi connectivity index (χ4v) is 3.32. The van der Waals surface area contributed by atoms with Gasteiger partial charge in [-0.3, -0.25) is 5.43 Å². The number of rotatable bonds is 4. The summed E-state index contributed by atoms with van der Waals surface area (Å²) in [4.78, 5) is 4.56. The van der Waals surface area contributed by atoms with E-state index in [-0.39, 0.29) is 11.1 Å². The van der Waals surface area contributed by atoms with Gasteiger partial charge < -0.3 is 9.47 Å². The van der Waals surface area contributed by atoms with Crippen LogP contribution in [-0.2, 0) is 0 Å². The molecule has 1 unspecified atom stereocenters. The number of halogens is 1. The molecule has 1 aliphatic rings. The highest BCUT2D eigenvalue weighted by atomic mass is 32.2. The van der Waals surface area contributed by atoms with Gasteiger partial charge in [0.2, 0.25) is 0 Å². The van der Waals surface area contributed by atoms with E-state index in [2.05, 4.69) is 15.5 Å². The van der Waals surface area contributed by atoms with E-state index in [1.165, 1.54) is 12.1 Å². The summed E-state index contributed by atoms with van der Waals surface area (Å²) >= 11 is 1.55. The van der Waals surface area contributed by atoms with Crippen molar-refractivity contribution in [2.24, 2.45) is 10.1 Å². The van der Waals surface area contributed by atoms with Gasteiger partial charge in [0, 0.05) is 6.07 Å². The first kappa shape index (κ1) is 17.3. The number of benzene rings is 2. The lowest BCUT2D eigenvalue weighted by Gasteiger charge is -2.21. The van der Waals surface area contributed by atoms with Crippen molar-refractivity contribution >= 4 is 28.3 Å². The van der Waals surface area contributed by atoms with Crippen molar-refractivity contribution in [2.45, 2.75) is 12.2 Å². The number of hydrogen-bond donors (Lipinski definition) is 1. The highest BCUT2D eigenvalue weighted by Crippen LogP contribution is 2.32. The van der Waals surface area contributed by atoms with Gasteiger partial charge in [-0.1, -0.05) is 23.9 Å². The SMILES string of the molecule is COc1ccc(N=C2NN=C(c3ccc(F)cc3)C(C)S2)cc1OC. The van der Waals surface area contributed by atoms with Crippen molar-refractivity contribution in [3.63, 3.8) is 0 Å². The molecule has 0 saturated carbocycles. The molecule has 5 nitrogen and oxygen atoms in total. The number of methoxy groups -OCH3 is 2. The third-order valence-electron chi connectivity index (χ3n) is 3.68. The van der Waals surface area contributed by atoms with Gasteiger partial charge in [-0.05, 0) is 36.8 Å². The Labute approximate surface area is 149 Å². The number of hydrogen-bond acceptors (Lipinski definition) is 5. The second kappa shape index (κ2) is 7.57. The van der Waals surface area contributed by atoms with Crippen molar-refractivity contribution in [1.29, 1.82) is 0 Å². The van der Waals surface area contributed by atoms with E-state index >= 15 is 0 Å². The van der Waals surface area contributed by atoms with Crippen molar-refractivity contribution in [2.75, 3.05) is 14.2 Å². The summed E-state index contributed by atoms with van der Waals surface area (Å²) in [5, 5.41) is 5.18. The molecular weight excluding hydrogens is 341 g/mol. The Morgan fingerprint density at radius 3 is 2.44 bits per heavy atom. The van der Waals surface area contributed by atoms with Crippen LogP contribution in [0.25, 0.3) is 0 Å². The van der Waals surface area contributed by atoms with Crippen LogP contribution >= 0.6 is 11.8 Å². The molecule has 0 radical (unpaired) electrons. The summed E-state index contributed by atoms with van der Waals surface area (Å²) in [5.41, 5.74) is 5.44. The van der Waals surface area contributed by atoms with Crippen LogP contribution in [0.4, 0.5) is 10.1 Å². The number of ether oxygens (including phenoxy) is 2. The molecule has 0 spiro atoms. The first-order valence-corrected chi connectivity index (χ1v) is 8.55. The minimum absolute atomic E-state index is 0.0885. The molecule has 25 heavy (non-hydrogen) atoms. The molecule has 0 aliphatic carbocycles. The molecule has 0 amide bonds. The molecule has 0 bridgehead atoms. The summed E-state index contributed by atoms with van der Waals surface area (Å²) in [5.74, 6) is 1.01. The smallest absolute Gasteiger partial charge is 0.183 e. The summed E-state index contributed by atoms with van der Waals surface area (Å²) in [6.45, 7) is 2.04. The van der Waals surface area contributed by atoms with Crippen LogP contribution in [0.15, 0.2) is 52.6 Å². The maximum Gasteiger partial charge on any atom is 0.183 e. The zero-order chi connectivity index (χ0) is 17.8. The largest absolute Gasteiger partial charge is 0.493 e. The quantitative estimate of drug-likeness (QED) is 0.898. The second-order valence-corrected chi connectivity index (χ2v) is 6.66. The highest BCUT2D eigenvalue weighted by Gasteiger charge is 2.21. The second-order valence-electron chi connectivity index (χ2n) is 5.33. The maximum atomic E-state index is 13.1. The topological polar surface area (TPSA) is 55.2 Å². The van der Waals surface area contributed by atoms with Crippen LogP contribution in [0.3, 0.4) is 0 Å². The Hall–Kier alpha value is -2.54. The highest BCUT2D eigenvalue weighted by molar-refractivity contribution is 8.15. The number of aliphatic imine (C=N–C) groups is 1. The zero-order valence-electron chi connectivity index (χ0n) is 14.1. The van der Waals surface area contributed by atoms with Crippen LogP contribution in [0.5, 0.6) is 11.5 Å². The Morgan fingerprint density at radius 1 is 1.08 bits per heavy atom. The van der Waals surface area contributed by atoms with Crippen molar-refractivity contribution in [3.05, 3.63) is 53.8 Å². The summed E-state index contributed by atoms with van der Waals surface area (Å²) in [7, 11) is 3.18. The Balaban J connectivity index is 1.82. The molecule has 2 aromatic carbocycles. The van der Waals surface area contributed by atoms with Gasteiger partial charge in [0.1, 0.15) is 5.82 Å². The van der Waals surface area contributed by atoms with Gasteiger partial charge in [-0.25, -0.2) is 9.38 Å². The molecule has 7 heteroatoms. The molecule has 1 N–H and O–H groups in total. The van der Waals surface area contributed by atoms with Crippen molar-refractivity contribution < 1.29 is 13.9 Å². The summed E-state index contributed by atoms with van der Waals surface area (Å²) in [6.07, 6.45) is 0. The normalized spacial score (nSPS) is 18.5. The van der Waals surface area contributed by atoms with E-state index in [0.29, 0.717) is 16.7 Å². The zero-order valence-corrected chi connectivity index (χ0v) is 14.9. The fourth-order valence-electron chi connectivity index (χ4n) is 2.43. The summed E-state index contributed by atoms with van der Waals surface area (Å²) in [6, 6.07) is 11.8. The Kier molecular flexibility index (Phi) is 5.23. The van der Waals surface area contributed by atoms with E-state index in [1.807, 2.05) is 19.1 Å². The minimum atomic E-state index is -0.260. The third-order valence-corrected chi connectivity index (χ3v) is 4.67. The van der Waals surface area contributed by atoms with Gasteiger partial charge >= 0.3 is 0 Å². The standard InChI is InChI=1S/C18H18FN3O2S/c1-11-17(12-4-6-13(19)7-5-12)21-22-18(25-11)20-14-8-9-15(23-2)16(10-14)24-3/h4-11H,1-3H3,(H,20,22). The molecule has 3 rings (SSSR count). The minimum Gasteiger partial charge on any atom is -0.493 e. The van der Waals surface area contributed by atoms with E-state index in [1.54, 1.807) is 44.2 Å². The monoisotopic (exact) mass is 359 g/mol. The molecule has 0 aromatic heterocycles. The number of nitrogens with zero attached hydrogens (tertiary/aromatic N) is 2. The molecular formula is C18H18FN3O2S. The van der Waals surface area contributed by atoms with Gasteiger partial charge in [-0.15, -0.1) is 0 Å². The number of thioether (sulfide) groups is 1. The Morgan fingerprint density at radius 2 is 1.80 bits per heavy atom. The van der Waals surface area contributed by atoms with E-state index in [9.17, 15) is 4.39 Å². The van der Waals surface area contributed by atoms with Crippen LogP contribution in [0, 0.1) is 5.82 Å². The van der Waals surface area contributed by atoms with E-state index in [0.717, 1.165) is 17.0 Å². The molecule has 0 saturated heterocycles. The van der Waals surface area contributed by atoms with Crippen LogP contribution in [-0.4, -0.2) is 30.3 Å².